The maximum atomic E-state index is 13.2. The molecular formula is C24H22N2O4S2. The van der Waals surface area contributed by atoms with Crippen LogP contribution in [0.3, 0.4) is 0 Å². The van der Waals surface area contributed by atoms with Gasteiger partial charge in [-0.15, -0.1) is 22.7 Å². The molecule has 4 heterocycles. The number of benzene rings is 2. The number of rotatable bonds is 4. The minimum absolute atomic E-state index is 0.00588. The Balaban J connectivity index is 1.22. The Morgan fingerprint density at radius 2 is 2.09 bits per heavy atom. The van der Waals surface area contributed by atoms with Gasteiger partial charge in [-0.1, -0.05) is 6.07 Å². The van der Waals surface area contributed by atoms with Gasteiger partial charge in [-0.25, -0.2) is 4.98 Å². The van der Waals surface area contributed by atoms with E-state index >= 15 is 0 Å². The second kappa shape index (κ2) is 7.94. The molecule has 8 heteroatoms. The molecule has 2 aromatic carbocycles. The topological polar surface area (TPSA) is 60.9 Å². The molecule has 1 fully saturated rings. The summed E-state index contributed by atoms with van der Waals surface area (Å²) in [6.07, 6.45) is 1.91. The molecule has 164 valence electrons. The molecule has 0 bridgehead atoms. The Kier molecular flexibility index (Phi) is 4.91. The molecular weight excluding hydrogens is 444 g/mol. The summed E-state index contributed by atoms with van der Waals surface area (Å²) in [5, 5.41) is 4.10. The van der Waals surface area contributed by atoms with Crippen molar-refractivity contribution in [3.8, 4) is 17.2 Å². The summed E-state index contributed by atoms with van der Waals surface area (Å²) in [7, 11) is 0. The number of hydrogen-bond acceptors (Lipinski definition) is 7. The van der Waals surface area contributed by atoms with E-state index in [0.29, 0.717) is 13.2 Å². The standard InChI is InChI=1S/C24H22N2O4S2/c1-14-25-23-21(32-14)12-19(16-6-10-31-24(16)23)30-13-22(27)26-7-2-3-17(26)15-4-5-18-20(11-15)29-9-8-28-18/h4-6,10-12,17H,2-3,7-9,13H2,1H3. The second-order valence-corrected chi connectivity index (χ2v) is 10.2. The SMILES string of the molecule is Cc1nc2c(cc(OCC(=O)N3CCCC3c3ccc4c(c3)OCCO4)c3ccsc32)s1. The Bertz CT molecular complexity index is 1330. The van der Waals surface area contributed by atoms with Crippen molar-refractivity contribution in [3.63, 3.8) is 0 Å². The average Bonchev–Trinajstić information content (AvgIpc) is 3.55. The normalized spacial score (nSPS) is 17.9. The molecule has 6 rings (SSSR count). The number of aromatic nitrogens is 1. The number of amides is 1. The lowest BCUT2D eigenvalue weighted by Crippen LogP contribution is -2.34. The van der Waals surface area contributed by atoms with Crippen LogP contribution in [0, 0.1) is 6.92 Å². The van der Waals surface area contributed by atoms with Crippen LogP contribution in [-0.4, -0.2) is 42.2 Å². The van der Waals surface area contributed by atoms with Crippen LogP contribution in [0.25, 0.3) is 20.3 Å². The van der Waals surface area contributed by atoms with E-state index in [2.05, 4.69) is 4.98 Å². The molecule has 1 amide bonds. The van der Waals surface area contributed by atoms with Gasteiger partial charge in [0.05, 0.1) is 26.0 Å². The van der Waals surface area contributed by atoms with Gasteiger partial charge in [0.2, 0.25) is 0 Å². The lowest BCUT2D eigenvalue weighted by molar-refractivity contribution is -0.134. The van der Waals surface area contributed by atoms with Crippen LogP contribution in [0.1, 0.15) is 29.5 Å². The van der Waals surface area contributed by atoms with E-state index in [1.54, 1.807) is 22.7 Å². The van der Waals surface area contributed by atoms with Gasteiger partial charge in [-0.2, -0.15) is 0 Å². The second-order valence-electron chi connectivity index (χ2n) is 8.05. The first-order valence-electron chi connectivity index (χ1n) is 10.8. The minimum atomic E-state index is 0.00588. The number of ether oxygens (including phenoxy) is 3. The number of thiophene rings is 1. The van der Waals surface area contributed by atoms with E-state index in [9.17, 15) is 4.79 Å². The van der Waals surface area contributed by atoms with Crippen LogP contribution < -0.4 is 14.2 Å². The number of nitrogens with zero attached hydrogens (tertiary/aromatic N) is 2. The molecule has 0 aliphatic carbocycles. The average molecular weight is 467 g/mol. The lowest BCUT2D eigenvalue weighted by atomic mass is 10.0. The Labute approximate surface area is 193 Å². The highest BCUT2D eigenvalue weighted by Gasteiger charge is 2.31. The highest BCUT2D eigenvalue weighted by atomic mass is 32.1. The zero-order chi connectivity index (χ0) is 21.7. The van der Waals surface area contributed by atoms with E-state index in [1.165, 1.54) is 0 Å². The molecule has 0 N–H and O–H groups in total. The summed E-state index contributed by atoms with van der Waals surface area (Å²) < 4.78 is 19.7. The zero-order valence-electron chi connectivity index (χ0n) is 17.6. The van der Waals surface area contributed by atoms with Crippen LogP contribution >= 0.6 is 22.7 Å². The van der Waals surface area contributed by atoms with Crippen molar-refractivity contribution >= 4 is 48.9 Å². The number of likely N-dealkylation sites (tertiary alicyclic amines) is 1. The van der Waals surface area contributed by atoms with Gasteiger partial charge in [0.25, 0.3) is 5.91 Å². The smallest absolute Gasteiger partial charge is 0.261 e. The quantitative estimate of drug-likeness (QED) is 0.407. The number of fused-ring (bicyclic) bond motifs is 4. The molecule has 2 aliphatic heterocycles. The fourth-order valence-electron chi connectivity index (χ4n) is 4.61. The highest BCUT2D eigenvalue weighted by Crippen LogP contribution is 2.40. The van der Waals surface area contributed by atoms with Gasteiger partial charge < -0.3 is 19.1 Å². The van der Waals surface area contributed by atoms with E-state index in [-0.39, 0.29) is 18.6 Å². The van der Waals surface area contributed by atoms with Crippen LogP contribution in [-0.2, 0) is 4.79 Å². The maximum absolute atomic E-state index is 13.2. The third-order valence-electron chi connectivity index (χ3n) is 6.04. The fraction of sp³-hybridized carbons (Fsp3) is 0.333. The molecule has 2 aromatic heterocycles. The summed E-state index contributed by atoms with van der Waals surface area (Å²) >= 11 is 3.31. The van der Waals surface area contributed by atoms with E-state index < -0.39 is 0 Å². The van der Waals surface area contributed by atoms with Gasteiger partial charge in [0, 0.05) is 18.0 Å². The molecule has 0 spiro atoms. The molecule has 1 saturated heterocycles. The van der Waals surface area contributed by atoms with Gasteiger partial charge in [0.15, 0.2) is 18.1 Å². The third kappa shape index (κ3) is 3.38. The molecule has 0 radical (unpaired) electrons. The van der Waals surface area contributed by atoms with Crippen LogP contribution in [0.15, 0.2) is 35.7 Å². The van der Waals surface area contributed by atoms with Crippen molar-refractivity contribution in [2.45, 2.75) is 25.8 Å². The number of aryl methyl sites for hydroxylation is 1. The number of thiazole rings is 1. The molecule has 32 heavy (non-hydrogen) atoms. The number of carbonyl (C=O) groups is 1. The summed E-state index contributed by atoms with van der Waals surface area (Å²) in [5.41, 5.74) is 2.11. The maximum Gasteiger partial charge on any atom is 0.261 e. The first-order chi connectivity index (χ1) is 15.7. The van der Waals surface area contributed by atoms with E-state index in [1.807, 2.05) is 47.5 Å². The third-order valence-corrected chi connectivity index (χ3v) is 7.88. The van der Waals surface area contributed by atoms with Gasteiger partial charge >= 0.3 is 0 Å². The molecule has 4 aromatic rings. The minimum Gasteiger partial charge on any atom is -0.486 e. The van der Waals surface area contributed by atoms with E-state index in [4.69, 9.17) is 14.2 Å². The number of carbonyl (C=O) groups excluding carboxylic acids is 1. The van der Waals surface area contributed by atoms with Crippen molar-refractivity contribution in [2.75, 3.05) is 26.4 Å². The van der Waals surface area contributed by atoms with Crippen molar-refractivity contribution in [3.05, 3.63) is 46.3 Å². The summed E-state index contributed by atoms with van der Waals surface area (Å²) in [5.74, 6) is 2.29. The summed E-state index contributed by atoms with van der Waals surface area (Å²) in [6.45, 7) is 3.90. The van der Waals surface area contributed by atoms with E-state index in [0.717, 1.165) is 67.5 Å². The predicted octanol–water partition coefficient (Wildman–Crippen LogP) is 5.33. The van der Waals surface area contributed by atoms with Crippen molar-refractivity contribution in [1.29, 1.82) is 0 Å². The fourth-order valence-corrected chi connectivity index (χ4v) is 6.44. The number of hydrogen-bond donors (Lipinski definition) is 0. The molecule has 6 nitrogen and oxygen atoms in total. The molecule has 2 aliphatic rings. The Hall–Kier alpha value is -2.84. The van der Waals surface area contributed by atoms with Crippen molar-refractivity contribution in [1.82, 2.24) is 9.88 Å². The largest absolute Gasteiger partial charge is 0.486 e. The molecule has 1 unspecified atom stereocenters. The van der Waals surface area contributed by atoms with Crippen LogP contribution in [0.5, 0.6) is 17.2 Å². The highest BCUT2D eigenvalue weighted by molar-refractivity contribution is 7.21. The monoisotopic (exact) mass is 466 g/mol. The van der Waals surface area contributed by atoms with Crippen LogP contribution in [0.4, 0.5) is 0 Å². The van der Waals surface area contributed by atoms with Gasteiger partial charge in [0.1, 0.15) is 19.0 Å². The Morgan fingerprint density at radius 1 is 1.22 bits per heavy atom. The molecule has 1 atom stereocenters. The van der Waals surface area contributed by atoms with Crippen molar-refractivity contribution < 1.29 is 19.0 Å². The molecule has 0 saturated carbocycles. The summed E-state index contributed by atoms with van der Waals surface area (Å²) in [6, 6.07) is 10.1. The van der Waals surface area contributed by atoms with Gasteiger partial charge in [-0.3, -0.25) is 4.79 Å². The first-order valence-corrected chi connectivity index (χ1v) is 12.5. The Morgan fingerprint density at radius 3 is 3.00 bits per heavy atom. The zero-order valence-corrected chi connectivity index (χ0v) is 19.3. The first kappa shape index (κ1) is 19.8. The predicted molar refractivity (Wildman–Crippen MR) is 126 cm³/mol. The van der Waals surface area contributed by atoms with Gasteiger partial charge in [-0.05, 0) is 48.9 Å². The lowest BCUT2D eigenvalue weighted by Gasteiger charge is -2.26. The van der Waals surface area contributed by atoms with Crippen molar-refractivity contribution in [2.24, 2.45) is 0 Å². The summed E-state index contributed by atoms with van der Waals surface area (Å²) in [4.78, 5) is 19.8. The van der Waals surface area contributed by atoms with Crippen LogP contribution in [0.2, 0.25) is 0 Å².